The molecule has 7 nitrogen and oxygen atoms in total. The maximum absolute atomic E-state index is 13.0. The Labute approximate surface area is 216 Å². The lowest BCUT2D eigenvalue weighted by molar-refractivity contribution is -0.136. The number of nitrogens with one attached hydrogen (secondary N) is 1. The second-order valence-corrected chi connectivity index (χ2v) is 9.97. The first kappa shape index (κ1) is 23.4. The van der Waals surface area contributed by atoms with Crippen molar-refractivity contribution in [2.75, 3.05) is 13.1 Å². The summed E-state index contributed by atoms with van der Waals surface area (Å²) < 4.78 is 6.41. The van der Waals surface area contributed by atoms with Crippen molar-refractivity contribution in [2.24, 2.45) is 0 Å². The van der Waals surface area contributed by atoms with Crippen LogP contribution in [0.1, 0.15) is 52.4 Å². The number of nitrogens with zero attached hydrogens (tertiary/aromatic N) is 2. The minimum absolute atomic E-state index is 0.0383. The van der Waals surface area contributed by atoms with Gasteiger partial charge in [0.05, 0.1) is 6.04 Å². The van der Waals surface area contributed by atoms with Gasteiger partial charge < -0.3 is 9.64 Å². The van der Waals surface area contributed by atoms with E-state index in [0.717, 1.165) is 30.8 Å². The minimum atomic E-state index is -0.613. The lowest BCUT2D eigenvalue weighted by Gasteiger charge is -2.29. The Morgan fingerprint density at radius 3 is 2.24 bits per heavy atom. The maximum Gasteiger partial charge on any atom is 0.255 e. The van der Waals surface area contributed by atoms with E-state index < -0.39 is 11.9 Å². The van der Waals surface area contributed by atoms with Crippen LogP contribution in [0, 0.1) is 0 Å². The topological polar surface area (TPSA) is 79.0 Å². The molecule has 0 spiro atoms. The molecule has 3 aromatic carbocycles. The fourth-order valence-corrected chi connectivity index (χ4v) is 5.79. The van der Waals surface area contributed by atoms with E-state index in [9.17, 15) is 14.4 Å². The van der Waals surface area contributed by atoms with Gasteiger partial charge in [0.2, 0.25) is 11.8 Å². The number of hydrogen-bond acceptors (Lipinski definition) is 5. The number of carbonyl (C=O) groups excluding carboxylic acids is 3. The van der Waals surface area contributed by atoms with Gasteiger partial charge in [-0.2, -0.15) is 0 Å². The van der Waals surface area contributed by atoms with Crippen molar-refractivity contribution in [1.82, 2.24) is 15.1 Å². The second-order valence-electron chi connectivity index (χ2n) is 9.97. The van der Waals surface area contributed by atoms with Crippen LogP contribution in [-0.4, -0.2) is 52.8 Å². The molecule has 0 bridgehead atoms. The lowest BCUT2D eigenvalue weighted by atomic mass is 9.97. The molecule has 0 radical (unpaired) electrons. The standard InChI is InChI=1S/C30H29N3O4/c34-27-14-13-26(29(35)31-27)33-18-22-17-23(11-12-25(22)30(33)36)37-24-15-16-32(19-24)28(20-7-3-1-4-8-20)21-9-5-2-6-10-21/h1-12,17,24,26,28H,13-16,18-19H2,(H,31,34,35). The number of amides is 3. The van der Waals surface area contributed by atoms with E-state index in [0.29, 0.717) is 18.5 Å². The highest BCUT2D eigenvalue weighted by Gasteiger charge is 2.39. The first-order valence-electron chi connectivity index (χ1n) is 12.8. The van der Waals surface area contributed by atoms with Crippen LogP contribution in [-0.2, 0) is 16.1 Å². The van der Waals surface area contributed by atoms with E-state index in [4.69, 9.17) is 4.74 Å². The third-order valence-electron chi connectivity index (χ3n) is 7.57. The van der Waals surface area contributed by atoms with Crippen LogP contribution in [0.25, 0.3) is 0 Å². The number of likely N-dealkylation sites (tertiary alicyclic amines) is 1. The Hall–Kier alpha value is -3.97. The van der Waals surface area contributed by atoms with Gasteiger partial charge >= 0.3 is 0 Å². The number of fused-ring (bicyclic) bond motifs is 1. The van der Waals surface area contributed by atoms with Gasteiger partial charge in [0.15, 0.2) is 0 Å². The largest absolute Gasteiger partial charge is 0.489 e. The fourth-order valence-electron chi connectivity index (χ4n) is 5.79. The highest BCUT2D eigenvalue weighted by Crippen LogP contribution is 2.34. The Bertz CT molecular complexity index is 1290. The van der Waals surface area contributed by atoms with Crippen LogP contribution in [0.15, 0.2) is 78.9 Å². The summed E-state index contributed by atoms with van der Waals surface area (Å²) in [5.41, 5.74) is 3.98. The smallest absolute Gasteiger partial charge is 0.255 e. The predicted molar refractivity (Wildman–Crippen MR) is 138 cm³/mol. The van der Waals surface area contributed by atoms with E-state index >= 15 is 0 Å². The molecule has 2 atom stereocenters. The number of rotatable bonds is 6. The van der Waals surface area contributed by atoms with Crippen LogP contribution < -0.4 is 10.1 Å². The zero-order chi connectivity index (χ0) is 25.4. The Kier molecular flexibility index (Phi) is 6.22. The summed E-state index contributed by atoms with van der Waals surface area (Å²) in [6.07, 6.45) is 1.55. The number of hydrogen-bond donors (Lipinski definition) is 1. The van der Waals surface area contributed by atoms with Crippen LogP contribution in [0.5, 0.6) is 5.75 Å². The van der Waals surface area contributed by atoms with Crippen molar-refractivity contribution >= 4 is 17.7 Å². The van der Waals surface area contributed by atoms with Crippen molar-refractivity contribution in [3.63, 3.8) is 0 Å². The van der Waals surface area contributed by atoms with Crippen LogP contribution >= 0.6 is 0 Å². The highest BCUT2D eigenvalue weighted by molar-refractivity contribution is 6.05. The van der Waals surface area contributed by atoms with Crippen LogP contribution in [0.4, 0.5) is 0 Å². The third-order valence-corrected chi connectivity index (χ3v) is 7.57. The molecule has 2 saturated heterocycles. The van der Waals surface area contributed by atoms with E-state index in [1.807, 2.05) is 24.3 Å². The zero-order valence-corrected chi connectivity index (χ0v) is 20.5. The normalized spacial score (nSPS) is 21.9. The SMILES string of the molecule is O=C1CCC(N2Cc3cc(OC4CCN(C(c5ccccc5)c5ccccc5)C4)ccc3C2=O)C(=O)N1. The quantitative estimate of drug-likeness (QED) is 0.528. The molecule has 1 N–H and O–H groups in total. The van der Waals surface area contributed by atoms with E-state index in [-0.39, 0.29) is 30.4 Å². The molecule has 0 aliphatic carbocycles. The molecule has 0 saturated carbocycles. The molecule has 188 valence electrons. The Morgan fingerprint density at radius 1 is 0.865 bits per heavy atom. The van der Waals surface area contributed by atoms with Crippen molar-refractivity contribution in [3.05, 3.63) is 101 Å². The Balaban J connectivity index is 1.15. The van der Waals surface area contributed by atoms with E-state index in [1.54, 1.807) is 11.0 Å². The van der Waals surface area contributed by atoms with Crippen LogP contribution in [0.2, 0.25) is 0 Å². The van der Waals surface area contributed by atoms with Gasteiger partial charge in [0.1, 0.15) is 17.9 Å². The number of carbonyl (C=O) groups is 3. The molecule has 2 unspecified atom stereocenters. The summed E-state index contributed by atoms with van der Waals surface area (Å²) in [5, 5.41) is 2.35. The lowest BCUT2D eigenvalue weighted by Crippen LogP contribution is -2.52. The second kappa shape index (κ2) is 9.82. The van der Waals surface area contributed by atoms with Gasteiger partial charge in [0, 0.05) is 31.6 Å². The van der Waals surface area contributed by atoms with Gasteiger partial charge in [-0.15, -0.1) is 0 Å². The predicted octanol–water partition coefficient (Wildman–Crippen LogP) is 3.69. The first-order valence-corrected chi connectivity index (χ1v) is 12.8. The van der Waals surface area contributed by atoms with Gasteiger partial charge in [0.25, 0.3) is 5.91 Å². The highest BCUT2D eigenvalue weighted by atomic mass is 16.5. The average molecular weight is 496 g/mol. The molecule has 3 aliphatic heterocycles. The molecule has 2 fully saturated rings. The molecule has 6 rings (SSSR count). The van der Waals surface area contributed by atoms with Crippen molar-refractivity contribution < 1.29 is 19.1 Å². The zero-order valence-electron chi connectivity index (χ0n) is 20.5. The molecule has 3 heterocycles. The van der Waals surface area contributed by atoms with Crippen molar-refractivity contribution in [2.45, 2.75) is 44.0 Å². The minimum Gasteiger partial charge on any atom is -0.489 e. The summed E-state index contributed by atoms with van der Waals surface area (Å²) in [5.74, 6) is -0.115. The number of piperidine rings is 1. The molecular formula is C30H29N3O4. The number of benzene rings is 3. The van der Waals surface area contributed by atoms with Crippen LogP contribution in [0.3, 0.4) is 0 Å². The summed E-state index contributed by atoms with van der Waals surface area (Å²) in [6.45, 7) is 2.07. The molecule has 0 aromatic heterocycles. The molecule has 37 heavy (non-hydrogen) atoms. The summed E-state index contributed by atoms with van der Waals surface area (Å²) in [6, 6.07) is 26.2. The van der Waals surface area contributed by atoms with E-state index in [1.165, 1.54) is 11.1 Å². The summed E-state index contributed by atoms with van der Waals surface area (Å²) in [4.78, 5) is 40.9. The first-order chi connectivity index (χ1) is 18.1. The molecule has 7 heteroatoms. The average Bonchev–Trinajstić information content (AvgIpc) is 3.49. The summed E-state index contributed by atoms with van der Waals surface area (Å²) >= 11 is 0. The molecule has 3 amide bonds. The fraction of sp³-hybridized carbons (Fsp3) is 0.300. The van der Waals surface area contributed by atoms with Gasteiger partial charge in [-0.3, -0.25) is 24.6 Å². The third kappa shape index (κ3) is 4.62. The molecule has 3 aliphatic rings. The number of ether oxygens (including phenoxy) is 1. The van der Waals surface area contributed by atoms with Gasteiger partial charge in [-0.25, -0.2) is 0 Å². The number of imide groups is 1. The molecule has 3 aromatic rings. The summed E-state index contributed by atoms with van der Waals surface area (Å²) in [7, 11) is 0. The van der Waals surface area contributed by atoms with Gasteiger partial charge in [-0.05, 0) is 47.7 Å². The van der Waals surface area contributed by atoms with E-state index in [2.05, 4.69) is 58.7 Å². The molecular weight excluding hydrogens is 466 g/mol. The van der Waals surface area contributed by atoms with Crippen molar-refractivity contribution in [3.8, 4) is 5.75 Å². The Morgan fingerprint density at radius 2 is 1.57 bits per heavy atom. The maximum atomic E-state index is 13.0. The monoisotopic (exact) mass is 495 g/mol. The van der Waals surface area contributed by atoms with Crippen molar-refractivity contribution in [1.29, 1.82) is 0 Å². The van der Waals surface area contributed by atoms with Gasteiger partial charge in [-0.1, -0.05) is 60.7 Å².